The lowest BCUT2D eigenvalue weighted by Crippen LogP contribution is -2.12. The van der Waals surface area contributed by atoms with Crippen molar-refractivity contribution >= 4 is 11.9 Å². The molecule has 0 unspecified atom stereocenters. The van der Waals surface area contributed by atoms with Crippen molar-refractivity contribution < 1.29 is 19.4 Å². The Kier molecular flexibility index (Phi) is 4.07. The average molecular weight is 288 g/mol. The monoisotopic (exact) mass is 288 g/mol. The number of ether oxygens (including phenoxy) is 1. The van der Waals surface area contributed by atoms with Gasteiger partial charge in [0.05, 0.1) is 17.4 Å². The van der Waals surface area contributed by atoms with Crippen molar-refractivity contribution in [1.82, 2.24) is 9.78 Å². The molecule has 0 amide bonds. The lowest BCUT2D eigenvalue weighted by Gasteiger charge is -2.09. The van der Waals surface area contributed by atoms with Crippen LogP contribution in [-0.2, 0) is 4.74 Å². The van der Waals surface area contributed by atoms with Crippen LogP contribution in [0.3, 0.4) is 0 Å². The van der Waals surface area contributed by atoms with Gasteiger partial charge < -0.3 is 9.84 Å². The molecular weight excluding hydrogens is 272 g/mol. The van der Waals surface area contributed by atoms with Gasteiger partial charge in [0.2, 0.25) is 0 Å². The van der Waals surface area contributed by atoms with Crippen molar-refractivity contribution in [3.8, 4) is 5.69 Å². The first kappa shape index (κ1) is 14.8. The molecule has 0 radical (unpaired) electrons. The third-order valence-corrected chi connectivity index (χ3v) is 2.78. The summed E-state index contributed by atoms with van der Waals surface area (Å²) in [6.07, 6.45) is -0.203. The van der Waals surface area contributed by atoms with Gasteiger partial charge in [0.25, 0.3) is 0 Å². The molecule has 0 aliphatic heterocycles. The first-order valence-electron chi connectivity index (χ1n) is 6.50. The van der Waals surface area contributed by atoms with Crippen LogP contribution in [0.15, 0.2) is 30.3 Å². The number of hydrogen-bond acceptors (Lipinski definition) is 4. The van der Waals surface area contributed by atoms with Crippen LogP contribution >= 0.6 is 0 Å². The normalized spacial score (nSPS) is 10.7. The van der Waals surface area contributed by atoms with E-state index in [1.165, 1.54) is 10.7 Å². The van der Waals surface area contributed by atoms with Crippen LogP contribution in [0.25, 0.3) is 5.69 Å². The van der Waals surface area contributed by atoms with E-state index < -0.39 is 11.9 Å². The smallest absolute Gasteiger partial charge is 0.356 e. The quantitative estimate of drug-likeness (QED) is 0.874. The summed E-state index contributed by atoms with van der Waals surface area (Å²) in [6, 6.07) is 8.19. The SMILES string of the molecule is Cc1cc(C(=O)O)nn1-c1cccc(C(=O)OC(C)C)c1. The number of rotatable bonds is 4. The van der Waals surface area contributed by atoms with Gasteiger partial charge in [-0.2, -0.15) is 5.10 Å². The number of carbonyl (C=O) groups excluding carboxylic acids is 1. The molecule has 2 rings (SSSR count). The Morgan fingerprint density at radius 1 is 1.29 bits per heavy atom. The number of aryl methyl sites for hydroxylation is 1. The molecule has 6 heteroatoms. The van der Waals surface area contributed by atoms with Gasteiger partial charge in [-0.15, -0.1) is 0 Å². The van der Waals surface area contributed by atoms with E-state index >= 15 is 0 Å². The predicted octanol–water partition coefficient (Wildman–Crippen LogP) is 2.44. The Morgan fingerprint density at radius 3 is 2.57 bits per heavy atom. The van der Waals surface area contributed by atoms with Gasteiger partial charge in [0.15, 0.2) is 5.69 Å². The third-order valence-electron chi connectivity index (χ3n) is 2.78. The van der Waals surface area contributed by atoms with E-state index in [9.17, 15) is 9.59 Å². The van der Waals surface area contributed by atoms with Crippen LogP contribution in [0, 0.1) is 6.92 Å². The minimum absolute atomic E-state index is 0.0392. The fourth-order valence-electron chi connectivity index (χ4n) is 1.89. The van der Waals surface area contributed by atoms with E-state index in [4.69, 9.17) is 9.84 Å². The van der Waals surface area contributed by atoms with Gasteiger partial charge in [0, 0.05) is 5.69 Å². The van der Waals surface area contributed by atoms with E-state index in [0.717, 1.165) is 0 Å². The number of hydrogen-bond donors (Lipinski definition) is 1. The highest BCUT2D eigenvalue weighted by Gasteiger charge is 2.14. The summed E-state index contributed by atoms with van der Waals surface area (Å²) >= 11 is 0. The fourth-order valence-corrected chi connectivity index (χ4v) is 1.89. The number of esters is 1. The molecule has 0 aliphatic rings. The zero-order chi connectivity index (χ0) is 15.6. The number of aromatic nitrogens is 2. The van der Waals surface area contributed by atoms with Crippen molar-refractivity contribution in [3.63, 3.8) is 0 Å². The minimum atomic E-state index is -1.09. The third kappa shape index (κ3) is 3.28. The van der Waals surface area contributed by atoms with E-state index in [0.29, 0.717) is 16.9 Å². The van der Waals surface area contributed by atoms with Crippen molar-refractivity contribution in [1.29, 1.82) is 0 Å². The Labute approximate surface area is 122 Å². The molecule has 0 aliphatic carbocycles. The molecule has 0 atom stereocenters. The molecule has 110 valence electrons. The fraction of sp³-hybridized carbons (Fsp3) is 0.267. The molecule has 2 aromatic rings. The van der Waals surface area contributed by atoms with E-state index in [1.54, 1.807) is 45.0 Å². The molecule has 1 heterocycles. The average Bonchev–Trinajstić information content (AvgIpc) is 2.80. The van der Waals surface area contributed by atoms with Crippen molar-refractivity contribution in [2.75, 3.05) is 0 Å². The van der Waals surface area contributed by atoms with Gasteiger partial charge in [0.1, 0.15) is 0 Å². The van der Waals surface area contributed by atoms with E-state index in [-0.39, 0.29) is 11.8 Å². The highest BCUT2D eigenvalue weighted by Crippen LogP contribution is 2.15. The number of carboxylic acid groups (broad SMARTS) is 1. The number of nitrogens with zero attached hydrogens (tertiary/aromatic N) is 2. The van der Waals surface area contributed by atoms with Crippen molar-refractivity contribution in [2.24, 2.45) is 0 Å². The second kappa shape index (κ2) is 5.78. The van der Waals surface area contributed by atoms with Crippen LogP contribution in [-0.4, -0.2) is 32.9 Å². The second-order valence-corrected chi connectivity index (χ2v) is 4.89. The minimum Gasteiger partial charge on any atom is -0.476 e. The second-order valence-electron chi connectivity index (χ2n) is 4.89. The zero-order valence-corrected chi connectivity index (χ0v) is 12.0. The molecule has 0 spiro atoms. The Balaban J connectivity index is 2.37. The molecule has 1 N–H and O–H groups in total. The number of carboxylic acids is 1. The lowest BCUT2D eigenvalue weighted by molar-refractivity contribution is 0.0377. The Hall–Kier alpha value is -2.63. The summed E-state index contributed by atoms with van der Waals surface area (Å²) in [6.45, 7) is 5.30. The summed E-state index contributed by atoms with van der Waals surface area (Å²) in [7, 11) is 0. The number of carbonyl (C=O) groups is 2. The molecule has 1 aromatic carbocycles. The number of aromatic carboxylic acids is 1. The van der Waals surface area contributed by atoms with Gasteiger partial charge in [-0.05, 0) is 45.0 Å². The largest absolute Gasteiger partial charge is 0.476 e. The molecule has 0 fully saturated rings. The highest BCUT2D eigenvalue weighted by atomic mass is 16.5. The maximum absolute atomic E-state index is 11.9. The van der Waals surface area contributed by atoms with E-state index in [1.807, 2.05) is 0 Å². The molecule has 21 heavy (non-hydrogen) atoms. The van der Waals surface area contributed by atoms with Crippen LogP contribution in [0.4, 0.5) is 0 Å². The maximum atomic E-state index is 11.9. The molecule has 6 nitrogen and oxygen atoms in total. The molecule has 0 saturated carbocycles. The Morgan fingerprint density at radius 2 is 2.00 bits per heavy atom. The highest BCUT2D eigenvalue weighted by molar-refractivity contribution is 5.90. The molecular formula is C15H16N2O4. The zero-order valence-electron chi connectivity index (χ0n) is 12.0. The summed E-state index contributed by atoms with van der Waals surface area (Å²) in [5, 5.41) is 13.0. The topological polar surface area (TPSA) is 81.4 Å². The van der Waals surface area contributed by atoms with Crippen LogP contribution in [0.5, 0.6) is 0 Å². The molecule has 0 saturated heterocycles. The van der Waals surface area contributed by atoms with Gasteiger partial charge in [-0.3, -0.25) is 0 Å². The molecule has 1 aromatic heterocycles. The summed E-state index contributed by atoms with van der Waals surface area (Å²) in [4.78, 5) is 22.8. The number of benzene rings is 1. The first-order chi connectivity index (χ1) is 9.88. The Bertz CT molecular complexity index is 689. The maximum Gasteiger partial charge on any atom is 0.356 e. The summed E-state index contributed by atoms with van der Waals surface area (Å²) in [5.74, 6) is -1.51. The van der Waals surface area contributed by atoms with Crippen molar-refractivity contribution in [3.05, 3.63) is 47.3 Å². The van der Waals surface area contributed by atoms with Gasteiger partial charge in [-0.1, -0.05) is 6.07 Å². The van der Waals surface area contributed by atoms with Crippen molar-refractivity contribution in [2.45, 2.75) is 26.9 Å². The van der Waals surface area contributed by atoms with E-state index in [2.05, 4.69) is 5.10 Å². The van der Waals surface area contributed by atoms with Crippen LogP contribution < -0.4 is 0 Å². The van der Waals surface area contributed by atoms with Gasteiger partial charge in [-0.25, -0.2) is 14.3 Å². The standard InChI is InChI=1S/C15H16N2O4/c1-9(2)21-15(20)11-5-4-6-12(8-11)17-10(3)7-13(16-17)14(18)19/h4-9H,1-3H3,(H,18,19). The molecule has 0 bridgehead atoms. The first-order valence-corrected chi connectivity index (χ1v) is 6.50. The van der Waals surface area contributed by atoms with Crippen LogP contribution in [0.1, 0.15) is 40.4 Å². The predicted molar refractivity (Wildman–Crippen MR) is 75.8 cm³/mol. The van der Waals surface area contributed by atoms with Gasteiger partial charge >= 0.3 is 11.9 Å². The van der Waals surface area contributed by atoms with Crippen LogP contribution in [0.2, 0.25) is 0 Å². The summed E-state index contributed by atoms with van der Waals surface area (Å²) in [5.41, 5.74) is 1.63. The lowest BCUT2D eigenvalue weighted by atomic mass is 10.2. The summed E-state index contributed by atoms with van der Waals surface area (Å²) < 4.78 is 6.62.